The van der Waals surface area contributed by atoms with Crippen molar-refractivity contribution in [3.63, 3.8) is 0 Å². The molecule has 0 spiro atoms. The predicted octanol–water partition coefficient (Wildman–Crippen LogP) is 3.99. The topological polar surface area (TPSA) is 70.4 Å². The van der Waals surface area contributed by atoms with Crippen LogP contribution < -0.4 is 5.43 Å². The minimum Gasteiger partial charge on any atom is -0.508 e. The van der Waals surface area contributed by atoms with Gasteiger partial charge in [0, 0.05) is 11.6 Å². The Kier molecular flexibility index (Phi) is 4.52. The first kappa shape index (κ1) is 15.7. The molecule has 5 heteroatoms. The van der Waals surface area contributed by atoms with Gasteiger partial charge in [0.1, 0.15) is 17.4 Å². The molecule has 0 radical (unpaired) electrons. The molecule has 1 heterocycles. The van der Waals surface area contributed by atoms with Crippen LogP contribution in [0.4, 0.5) is 5.82 Å². The molecule has 0 saturated carbocycles. The van der Waals surface area contributed by atoms with Crippen LogP contribution in [0.25, 0.3) is 11.3 Å². The van der Waals surface area contributed by atoms with Gasteiger partial charge in [0.15, 0.2) is 0 Å². The normalized spacial score (nSPS) is 11.3. The number of anilines is 1. The smallest absolute Gasteiger partial charge is 0.150 e. The highest BCUT2D eigenvalue weighted by Gasteiger charge is 2.04. The number of phenols is 1. The quantitative estimate of drug-likeness (QED) is 0.563. The summed E-state index contributed by atoms with van der Waals surface area (Å²) in [6, 6.07) is 18.7. The van der Waals surface area contributed by atoms with Crippen molar-refractivity contribution in [3.8, 4) is 17.0 Å². The van der Waals surface area contributed by atoms with Crippen molar-refractivity contribution in [2.24, 2.45) is 5.10 Å². The zero-order chi connectivity index (χ0) is 16.9. The summed E-state index contributed by atoms with van der Waals surface area (Å²) in [5, 5.41) is 13.7. The number of aromatic nitrogens is 2. The van der Waals surface area contributed by atoms with Crippen LogP contribution >= 0.6 is 0 Å². The number of aryl methyl sites for hydroxylation is 1. The number of nitrogens with one attached hydrogen (secondary N) is 1. The van der Waals surface area contributed by atoms with E-state index in [1.165, 1.54) is 0 Å². The standard InChI is InChI=1S/C19H18N4O/c1-13(15-8-10-17(24)11-9-15)22-23-19-12-18(20-14(2)21-19)16-6-4-3-5-7-16/h3-12,24H,1-2H3,(H,20,21,23)/b22-13-. The lowest BCUT2D eigenvalue weighted by molar-refractivity contribution is 0.475. The van der Waals surface area contributed by atoms with E-state index >= 15 is 0 Å². The Hall–Kier alpha value is -3.21. The minimum absolute atomic E-state index is 0.235. The average Bonchev–Trinajstić information content (AvgIpc) is 2.60. The van der Waals surface area contributed by atoms with Crippen molar-refractivity contribution in [2.75, 3.05) is 5.43 Å². The summed E-state index contributed by atoms with van der Waals surface area (Å²) in [5.74, 6) is 1.55. The lowest BCUT2D eigenvalue weighted by Crippen LogP contribution is -2.02. The fourth-order valence-electron chi connectivity index (χ4n) is 2.29. The van der Waals surface area contributed by atoms with Gasteiger partial charge in [0.25, 0.3) is 0 Å². The zero-order valence-corrected chi connectivity index (χ0v) is 13.6. The highest BCUT2D eigenvalue weighted by Crippen LogP contribution is 2.19. The molecule has 0 bridgehead atoms. The summed E-state index contributed by atoms with van der Waals surface area (Å²) in [6.07, 6.45) is 0. The number of hydrazone groups is 1. The number of hydrogen-bond acceptors (Lipinski definition) is 5. The monoisotopic (exact) mass is 318 g/mol. The van der Waals surface area contributed by atoms with Gasteiger partial charge >= 0.3 is 0 Å². The lowest BCUT2D eigenvalue weighted by Gasteiger charge is -2.07. The lowest BCUT2D eigenvalue weighted by atomic mass is 10.1. The van der Waals surface area contributed by atoms with Crippen LogP contribution in [0.1, 0.15) is 18.3 Å². The Balaban J connectivity index is 1.84. The number of rotatable bonds is 4. The van der Waals surface area contributed by atoms with E-state index in [2.05, 4.69) is 20.5 Å². The van der Waals surface area contributed by atoms with E-state index in [-0.39, 0.29) is 5.75 Å². The van der Waals surface area contributed by atoms with E-state index in [9.17, 15) is 5.11 Å². The van der Waals surface area contributed by atoms with Gasteiger partial charge in [0.2, 0.25) is 0 Å². The van der Waals surface area contributed by atoms with Crippen LogP contribution in [-0.4, -0.2) is 20.8 Å². The van der Waals surface area contributed by atoms with E-state index in [0.717, 1.165) is 22.5 Å². The first-order valence-corrected chi connectivity index (χ1v) is 7.62. The SMILES string of the molecule is C/C(=N/Nc1cc(-c2ccccc2)nc(C)n1)c1ccc(O)cc1. The molecule has 0 atom stereocenters. The number of aromatic hydroxyl groups is 1. The second-order valence-corrected chi connectivity index (χ2v) is 5.41. The molecule has 120 valence electrons. The van der Waals surface area contributed by atoms with Gasteiger partial charge in [-0.25, -0.2) is 9.97 Å². The Morgan fingerprint density at radius 3 is 2.42 bits per heavy atom. The fourth-order valence-corrected chi connectivity index (χ4v) is 2.29. The Morgan fingerprint density at radius 1 is 1.00 bits per heavy atom. The number of phenolic OH excluding ortho intramolecular Hbond substituents is 1. The van der Waals surface area contributed by atoms with Crippen molar-refractivity contribution in [1.82, 2.24) is 9.97 Å². The van der Waals surface area contributed by atoms with Gasteiger partial charge in [-0.05, 0) is 43.7 Å². The zero-order valence-electron chi connectivity index (χ0n) is 13.6. The van der Waals surface area contributed by atoms with Gasteiger partial charge in [-0.15, -0.1) is 0 Å². The van der Waals surface area contributed by atoms with Crippen molar-refractivity contribution in [3.05, 3.63) is 72.1 Å². The van der Waals surface area contributed by atoms with Crippen molar-refractivity contribution in [1.29, 1.82) is 0 Å². The molecule has 3 aromatic rings. The van der Waals surface area contributed by atoms with E-state index in [4.69, 9.17) is 0 Å². The van der Waals surface area contributed by atoms with Crippen LogP contribution in [0.3, 0.4) is 0 Å². The van der Waals surface area contributed by atoms with Gasteiger partial charge in [0.05, 0.1) is 11.4 Å². The summed E-state index contributed by atoms with van der Waals surface area (Å²) in [6.45, 7) is 3.75. The maximum atomic E-state index is 9.34. The fraction of sp³-hybridized carbons (Fsp3) is 0.105. The molecule has 0 fully saturated rings. The predicted molar refractivity (Wildman–Crippen MR) is 96.1 cm³/mol. The third-order valence-electron chi connectivity index (χ3n) is 3.53. The maximum Gasteiger partial charge on any atom is 0.150 e. The van der Waals surface area contributed by atoms with Crippen LogP contribution in [0, 0.1) is 6.92 Å². The van der Waals surface area contributed by atoms with E-state index in [0.29, 0.717) is 11.6 Å². The molecule has 0 aliphatic carbocycles. The third kappa shape index (κ3) is 3.76. The van der Waals surface area contributed by atoms with Crippen molar-refractivity contribution >= 4 is 11.5 Å². The maximum absolute atomic E-state index is 9.34. The van der Waals surface area contributed by atoms with Crippen LogP contribution in [0.15, 0.2) is 65.8 Å². The highest BCUT2D eigenvalue weighted by molar-refractivity contribution is 5.99. The Bertz CT molecular complexity index is 858. The average molecular weight is 318 g/mol. The first-order valence-electron chi connectivity index (χ1n) is 7.62. The molecule has 0 aliphatic rings. The summed E-state index contributed by atoms with van der Waals surface area (Å²) in [7, 11) is 0. The molecule has 0 amide bonds. The molecule has 0 saturated heterocycles. The molecule has 0 unspecified atom stereocenters. The van der Waals surface area contributed by atoms with E-state index in [1.807, 2.05) is 62.4 Å². The molecule has 3 rings (SSSR count). The molecule has 2 N–H and O–H groups in total. The van der Waals surface area contributed by atoms with Gasteiger partial charge in [-0.1, -0.05) is 30.3 Å². The highest BCUT2D eigenvalue weighted by atomic mass is 16.3. The summed E-state index contributed by atoms with van der Waals surface area (Å²) < 4.78 is 0. The van der Waals surface area contributed by atoms with Crippen molar-refractivity contribution in [2.45, 2.75) is 13.8 Å². The Morgan fingerprint density at radius 2 is 1.71 bits per heavy atom. The van der Waals surface area contributed by atoms with Gasteiger partial charge in [-0.2, -0.15) is 5.10 Å². The van der Waals surface area contributed by atoms with Crippen LogP contribution in [-0.2, 0) is 0 Å². The van der Waals surface area contributed by atoms with E-state index < -0.39 is 0 Å². The first-order chi connectivity index (χ1) is 11.6. The molecular weight excluding hydrogens is 300 g/mol. The summed E-state index contributed by atoms with van der Waals surface area (Å²) in [5.41, 5.74) is 6.59. The van der Waals surface area contributed by atoms with Crippen molar-refractivity contribution < 1.29 is 5.11 Å². The molecule has 1 aromatic heterocycles. The molecule has 24 heavy (non-hydrogen) atoms. The number of nitrogens with zero attached hydrogens (tertiary/aromatic N) is 3. The van der Waals surface area contributed by atoms with Crippen LogP contribution in [0.2, 0.25) is 0 Å². The second kappa shape index (κ2) is 6.91. The third-order valence-corrected chi connectivity index (χ3v) is 3.53. The number of benzene rings is 2. The van der Waals surface area contributed by atoms with Crippen LogP contribution in [0.5, 0.6) is 5.75 Å². The molecule has 0 aliphatic heterocycles. The second-order valence-electron chi connectivity index (χ2n) is 5.41. The summed E-state index contributed by atoms with van der Waals surface area (Å²) >= 11 is 0. The molecule has 2 aromatic carbocycles. The van der Waals surface area contributed by atoms with E-state index in [1.54, 1.807) is 12.1 Å². The number of hydrogen-bond donors (Lipinski definition) is 2. The van der Waals surface area contributed by atoms with Gasteiger partial charge in [-0.3, -0.25) is 5.43 Å². The largest absolute Gasteiger partial charge is 0.508 e. The molecule has 5 nitrogen and oxygen atoms in total. The Labute approximate surface area is 140 Å². The molecular formula is C19H18N4O. The van der Waals surface area contributed by atoms with Gasteiger partial charge < -0.3 is 5.11 Å². The minimum atomic E-state index is 0.235. The summed E-state index contributed by atoms with van der Waals surface area (Å²) in [4.78, 5) is 8.84.